The first-order chi connectivity index (χ1) is 8.42. The molecule has 0 saturated heterocycles. The first kappa shape index (κ1) is 17.8. The topological polar surface area (TPSA) is 50.4 Å². The van der Waals surface area contributed by atoms with Crippen LogP contribution in [-0.2, 0) is 0 Å². The summed E-state index contributed by atoms with van der Waals surface area (Å²) in [5.41, 5.74) is 9.17. The lowest BCUT2D eigenvalue weighted by Gasteiger charge is -2.12. The van der Waals surface area contributed by atoms with E-state index in [4.69, 9.17) is 12.2 Å². The molecule has 0 bridgehead atoms. The van der Waals surface area contributed by atoms with Crippen LogP contribution >= 0.6 is 24.0 Å². The van der Waals surface area contributed by atoms with Crippen molar-refractivity contribution in [1.29, 1.82) is 0 Å². The molecule has 1 rings (SSSR count). The summed E-state index contributed by atoms with van der Waals surface area (Å²) in [6, 6.07) is 5.96. The fourth-order valence-electron chi connectivity index (χ4n) is 1.76. The maximum absolute atomic E-state index is 5.86. The summed E-state index contributed by atoms with van der Waals surface area (Å²) in [5.74, 6) is 3.26. The van der Waals surface area contributed by atoms with Crippen LogP contribution in [0.1, 0.15) is 25.0 Å². The predicted molar refractivity (Wildman–Crippen MR) is 94.0 cm³/mol. The van der Waals surface area contributed by atoms with Crippen molar-refractivity contribution in [3.8, 4) is 12.3 Å². The van der Waals surface area contributed by atoms with Gasteiger partial charge in [0.1, 0.15) is 6.04 Å². The molecule has 0 aliphatic carbocycles. The lowest BCUT2D eigenvalue weighted by atomic mass is 10.1. The van der Waals surface area contributed by atoms with Gasteiger partial charge in [0.25, 0.3) is 0 Å². The summed E-state index contributed by atoms with van der Waals surface area (Å²) in [5, 5.41) is 3.08. The van der Waals surface area contributed by atoms with E-state index in [-0.39, 0.29) is 35.9 Å². The molecule has 0 aliphatic heterocycles. The third kappa shape index (κ3) is 5.97. The first-order valence-electron chi connectivity index (χ1n) is 6.07. The molecule has 1 aromatic carbocycles. The molecule has 0 spiro atoms. The molecule has 0 aromatic heterocycles. The molecule has 0 aliphatic rings. The van der Waals surface area contributed by atoms with Crippen LogP contribution in [0.2, 0.25) is 0 Å². The first-order valence-corrected chi connectivity index (χ1v) is 6.07. The van der Waals surface area contributed by atoms with E-state index in [1.165, 1.54) is 11.1 Å². The Morgan fingerprint density at radius 3 is 2.21 bits per heavy atom. The molecule has 1 atom stereocenters. The zero-order valence-corrected chi connectivity index (χ0v) is 14.2. The molecular weight excluding hydrogens is 349 g/mol. The molecule has 1 unspecified atom stereocenters. The van der Waals surface area contributed by atoms with E-state index in [1.54, 1.807) is 0 Å². The van der Waals surface area contributed by atoms with Gasteiger partial charge in [-0.2, -0.15) is 0 Å². The minimum atomic E-state index is -0.191. The molecule has 1 aromatic rings. The molecule has 19 heavy (non-hydrogen) atoms. The van der Waals surface area contributed by atoms with Gasteiger partial charge in [-0.25, -0.2) is 4.99 Å². The minimum Gasteiger partial charge on any atom is -0.370 e. The lowest BCUT2D eigenvalue weighted by Crippen LogP contribution is -2.26. The SMILES string of the molecule is C#CC(N=C(N)Nc1cc(C)cc(C)c1)C(C)C.I. The van der Waals surface area contributed by atoms with E-state index in [0.717, 1.165) is 5.69 Å². The van der Waals surface area contributed by atoms with Crippen molar-refractivity contribution < 1.29 is 0 Å². The highest BCUT2D eigenvalue weighted by atomic mass is 127. The number of aryl methyl sites for hydroxylation is 2. The van der Waals surface area contributed by atoms with Crippen molar-refractivity contribution in [3.63, 3.8) is 0 Å². The molecule has 104 valence electrons. The Bertz CT molecular complexity index is 466. The van der Waals surface area contributed by atoms with Crippen LogP contribution < -0.4 is 11.1 Å². The van der Waals surface area contributed by atoms with Gasteiger partial charge in [-0.15, -0.1) is 30.4 Å². The Kier molecular flexibility index (Phi) is 7.53. The van der Waals surface area contributed by atoms with Gasteiger partial charge in [-0.1, -0.05) is 25.8 Å². The summed E-state index contributed by atoms with van der Waals surface area (Å²) in [6.07, 6.45) is 5.42. The number of halogens is 1. The maximum Gasteiger partial charge on any atom is 0.194 e. The Morgan fingerprint density at radius 2 is 1.79 bits per heavy atom. The van der Waals surface area contributed by atoms with Crippen LogP contribution in [0, 0.1) is 32.1 Å². The number of benzene rings is 1. The van der Waals surface area contributed by atoms with Crippen LogP contribution in [0.5, 0.6) is 0 Å². The number of anilines is 1. The highest BCUT2D eigenvalue weighted by Gasteiger charge is 2.08. The quantitative estimate of drug-likeness (QED) is 0.371. The van der Waals surface area contributed by atoms with Crippen molar-refractivity contribution in [2.45, 2.75) is 33.7 Å². The van der Waals surface area contributed by atoms with E-state index < -0.39 is 0 Å². The van der Waals surface area contributed by atoms with Crippen LogP contribution in [0.4, 0.5) is 5.69 Å². The summed E-state index contributed by atoms with van der Waals surface area (Å²) >= 11 is 0. The zero-order chi connectivity index (χ0) is 13.7. The monoisotopic (exact) mass is 371 g/mol. The molecule has 0 amide bonds. The average molecular weight is 371 g/mol. The molecule has 0 fully saturated rings. The second kappa shape index (κ2) is 8.05. The van der Waals surface area contributed by atoms with Crippen molar-refractivity contribution >= 4 is 35.6 Å². The second-order valence-corrected chi connectivity index (χ2v) is 4.87. The maximum atomic E-state index is 5.86. The normalized spacial score (nSPS) is 12.5. The number of aliphatic imine (C=N–C) groups is 1. The van der Waals surface area contributed by atoms with E-state index >= 15 is 0 Å². The van der Waals surface area contributed by atoms with Gasteiger partial charge in [0, 0.05) is 5.69 Å². The molecule has 0 radical (unpaired) electrons. The van der Waals surface area contributed by atoms with Crippen LogP contribution in [0.25, 0.3) is 0 Å². The minimum absolute atomic E-state index is 0. The zero-order valence-electron chi connectivity index (χ0n) is 11.9. The number of hydrogen-bond donors (Lipinski definition) is 2. The molecular formula is C15H22IN3. The summed E-state index contributed by atoms with van der Waals surface area (Å²) in [7, 11) is 0. The fraction of sp³-hybridized carbons (Fsp3) is 0.400. The van der Waals surface area contributed by atoms with Crippen LogP contribution in [-0.4, -0.2) is 12.0 Å². The Hall–Kier alpha value is -1.22. The molecule has 0 saturated carbocycles. The number of nitrogens with one attached hydrogen (secondary N) is 1. The van der Waals surface area contributed by atoms with Crippen LogP contribution in [0.3, 0.4) is 0 Å². The Balaban J connectivity index is 0.00000324. The van der Waals surface area contributed by atoms with Gasteiger partial charge < -0.3 is 11.1 Å². The molecule has 4 heteroatoms. The third-order valence-electron chi connectivity index (χ3n) is 2.57. The Morgan fingerprint density at radius 1 is 1.26 bits per heavy atom. The predicted octanol–water partition coefficient (Wildman–Crippen LogP) is 3.31. The van der Waals surface area contributed by atoms with E-state index in [2.05, 4.69) is 22.3 Å². The molecule has 3 N–H and O–H groups in total. The van der Waals surface area contributed by atoms with Gasteiger partial charge in [0.2, 0.25) is 0 Å². The van der Waals surface area contributed by atoms with E-state index in [1.807, 2.05) is 39.8 Å². The average Bonchev–Trinajstić information content (AvgIpc) is 2.23. The highest BCUT2D eigenvalue weighted by molar-refractivity contribution is 14.0. The van der Waals surface area contributed by atoms with E-state index in [9.17, 15) is 0 Å². The second-order valence-electron chi connectivity index (χ2n) is 4.87. The van der Waals surface area contributed by atoms with E-state index in [0.29, 0.717) is 5.96 Å². The van der Waals surface area contributed by atoms with Crippen molar-refractivity contribution in [2.24, 2.45) is 16.6 Å². The van der Waals surface area contributed by atoms with Crippen molar-refractivity contribution in [3.05, 3.63) is 29.3 Å². The summed E-state index contributed by atoms with van der Waals surface area (Å²) < 4.78 is 0. The Labute approximate surface area is 133 Å². The number of rotatable bonds is 3. The van der Waals surface area contributed by atoms with Gasteiger partial charge in [0.15, 0.2) is 5.96 Å². The number of nitrogens with two attached hydrogens (primary N) is 1. The number of guanidine groups is 1. The molecule has 3 nitrogen and oxygen atoms in total. The standard InChI is InChI=1S/C15H21N3.HI/c1-6-14(10(2)3)18-15(16)17-13-8-11(4)7-12(5)9-13;/h1,7-10,14H,2-5H3,(H3,16,17,18);1H. The largest absolute Gasteiger partial charge is 0.370 e. The fourth-order valence-corrected chi connectivity index (χ4v) is 1.76. The number of hydrogen-bond acceptors (Lipinski definition) is 1. The highest BCUT2D eigenvalue weighted by Crippen LogP contribution is 2.13. The van der Waals surface area contributed by atoms with Gasteiger partial charge in [-0.3, -0.25) is 0 Å². The summed E-state index contributed by atoms with van der Waals surface area (Å²) in [4.78, 5) is 4.30. The van der Waals surface area contributed by atoms with Crippen LogP contribution in [0.15, 0.2) is 23.2 Å². The smallest absolute Gasteiger partial charge is 0.194 e. The third-order valence-corrected chi connectivity index (χ3v) is 2.57. The van der Waals surface area contributed by atoms with Gasteiger partial charge in [0.05, 0.1) is 0 Å². The van der Waals surface area contributed by atoms with Gasteiger partial charge >= 0.3 is 0 Å². The molecule has 0 heterocycles. The van der Waals surface area contributed by atoms with Gasteiger partial charge in [-0.05, 0) is 43.0 Å². The summed E-state index contributed by atoms with van der Waals surface area (Å²) in [6.45, 7) is 8.14. The lowest BCUT2D eigenvalue weighted by molar-refractivity contribution is 0.586. The number of nitrogens with zero attached hydrogens (tertiary/aromatic N) is 1. The van der Waals surface area contributed by atoms with Crippen molar-refractivity contribution in [1.82, 2.24) is 0 Å². The number of terminal acetylenes is 1. The van der Waals surface area contributed by atoms with Crippen molar-refractivity contribution in [2.75, 3.05) is 5.32 Å².